The van der Waals surface area contributed by atoms with Gasteiger partial charge in [-0.1, -0.05) is 0 Å². The van der Waals surface area contributed by atoms with E-state index in [0.717, 1.165) is 44.5 Å². The molecule has 0 spiro atoms. The van der Waals surface area contributed by atoms with Gasteiger partial charge in [-0.15, -0.1) is 10.2 Å². The predicted octanol–water partition coefficient (Wildman–Crippen LogP) is 1.48. The van der Waals surface area contributed by atoms with Crippen molar-refractivity contribution < 1.29 is 14.6 Å². The Labute approximate surface area is 105 Å². The lowest BCUT2D eigenvalue weighted by Crippen LogP contribution is -2.28. The van der Waals surface area contributed by atoms with Crippen molar-refractivity contribution in [3.05, 3.63) is 11.6 Å². The Morgan fingerprint density at radius 3 is 2.89 bits per heavy atom. The number of aliphatic carboxylic acids is 1. The Bertz CT molecular complexity index is 451. The quantitative estimate of drug-likeness (QED) is 0.861. The molecule has 1 saturated heterocycles. The zero-order chi connectivity index (χ0) is 12.5. The highest BCUT2D eigenvalue weighted by atomic mass is 16.5. The smallest absolute Gasteiger partial charge is 0.326 e. The minimum Gasteiger partial charge on any atom is -0.480 e. The molecule has 6 heteroatoms. The summed E-state index contributed by atoms with van der Waals surface area (Å²) in [5, 5.41) is 17.6. The molecule has 3 heterocycles. The van der Waals surface area contributed by atoms with E-state index >= 15 is 0 Å². The molecular formula is C12H17N3O3. The highest BCUT2D eigenvalue weighted by Crippen LogP contribution is 2.32. The van der Waals surface area contributed by atoms with Crippen LogP contribution in [0.25, 0.3) is 0 Å². The maximum atomic E-state index is 11.3. The Hall–Kier alpha value is -1.43. The second-order valence-corrected chi connectivity index (χ2v) is 4.95. The molecule has 1 aromatic heterocycles. The molecule has 1 fully saturated rings. The van der Waals surface area contributed by atoms with E-state index in [4.69, 9.17) is 4.74 Å². The monoisotopic (exact) mass is 251 g/mol. The van der Waals surface area contributed by atoms with Crippen molar-refractivity contribution in [1.29, 1.82) is 0 Å². The third-order valence-corrected chi connectivity index (χ3v) is 3.74. The van der Waals surface area contributed by atoms with Crippen LogP contribution in [0, 0.1) is 0 Å². The van der Waals surface area contributed by atoms with Crippen molar-refractivity contribution in [2.45, 2.75) is 50.7 Å². The summed E-state index contributed by atoms with van der Waals surface area (Å²) in [6.07, 6.45) is 5.32. The van der Waals surface area contributed by atoms with Crippen LogP contribution in [0.4, 0.5) is 0 Å². The van der Waals surface area contributed by atoms with Gasteiger partial charge < -0.3 is 9.84 Å². The molecule has 2 unspecified atom stereocenters. The van der Waals surface area contributed by atoms with Gasteiger partial charge in [0.05, 0.1) is 0 Å². The lowest BCUT2D eigenvalue weighted by Gasteiger charge is -2.27. The summed E-state index contributed by atoms with van der Waals surface area (Å²) in [6.45, 7) is 0.727. The van der Waals surface area contributed by atoms with Gasteiger partial charge in [-0.3, -0.25) is 4.57 Å². The predicted molar refractivity (Wildman–Crippen MR) is 62.2 cm³/mol. The lowest BCUT2D eigenvalue weighted by atomic mass is 10.0. The highest BCUT2D eigenvalue weighted by Gasteiger charge is 2.33. The van der Waals surface area contributed by atoms with Crippen LogP contribution in [-0.2, 0) is 16.0 Å². The van der Waals surface area contributed by atoms with Crippen molar-refractivity contribution >= 4 is 5.97 Å². The summed E-state index contributed by atoms with van der Waals surface area (Å²) in [4.78, 5) is 11.3. The molecule has 0 aromatic carbocycles. The zero-order valence-electron chi connectivity index (χ0n) is 10.2. The first-order chi connectivity index (χ1) is 8.77. The van der Waals surface area contributed by atoms with E-state index < -0.39 is 12.0 Å². The van der Waals surface area contributed by atoms with E-state index in [1.165, 1.54) is 0 Å². The maximum absolute atomic E-state index is 11.3. The number of nitrogens with zero attached hydrogens (tertiary/aromatic N) is 3. The molecule has 0 bridgehead atoms. The van der Waals surface area contributed by atoms with Crippen molar-refractivity contribution in [2.75, 3.05) is 6.61 Å². The van der Waals surface area contributed by atoms with Gasteiger partial charge in [0.1, 0.15) is 18.0 Å². The minimum atomic E-state index is -0.798. The standard InChI is InChI=1S/C12H17N3O3/c16-12(17)8-4-3-6-10-13-14-11(15(8)10)9-5-1-2-7-18-9/h8-9H,1-7H2,(H,16,17). The van der Waals surface area contributed by atoms with E-state index in [1.54, 1.807) is 4.57 Å². The number of carboxylic acid groups (broad SMARTS) is 1. The Balaban J connectivity index is 1.96. The first-order valence-electron chi connectivity index (χ1n) is 6.55. The van der Waals surface area contributed by atoms with Gasteiger partial charge in [0.2, 0.25) is 0 Å². The number of hydrogen-bond donors (Lipinski definition) is 1. The van der Waals surface area contributed by atoms with Crippen molar-refractivity contribution in [1.82, 2.24) is 14.8 Å². The number of carboxylic acids is 1. The van der Waals surface area contributed by atoms with Gasteiger partial charge in [-0.05, 0) is 32.1 Å². The molecule has 18 heavy (non-hydrogen) atoms. The molecule has 3 rings (SSSR count). The van der Waals surface area contributed by atoms with Crippen LogP contribution < -0.4 is 0 Å². The minimum absolute atomic E-state index is 0.0834. The molecule has 1 N–H and O–H groups in total. The van der Waals surface area contributed by atoms with E-state index in [9.17, 15) is 9.90 Å². The normalized spacial score (nSPS) is 27.8. The van der Waals surface area contributed by atoms with Crippen LogP contribution in [0.5, 0.6) is 0 Å². The van der Waals surface area contributed by atoms with Crippen LogP contribution in [0.15, 0.2) is 0 Å². The number of rotatable bonds is 2. The summed E-state index contributed by atoms with van der Waals surface area (Å²) < 4.78 is 7.49. The first-order valence-corrected chi connectivity index (χ1v) is 6.55. The van der Waals surface area contributed by atoms with Gasteiger partial charge in [-0.25, -0.2) is 4.79 Å². The van der Waals surface area contributed by atoms with Gasteiger partial charge in [0.25, 0.3) is 0 Å². The average molecular weight is 251 g/mol. The van der Waals surface area contributed by atoms with E-state index in [2.05, 4.69) is 10.2 Å². The summed E-state index contributed by atoms with van der Waals surface area (Å²) in [5.41, 5.74) is 0. The van der Waals surface area contributed by atoms with Crippen molar-refractivity contribution in [3.8, 4) is 0 Å². The number of aryl methyl sites for hydroxylation is 1. The third kappa shape index (κ3) is 1.90. The molecule has 2 aliphatic rings. The highest BCUT2D eigenvalue weighted by molar-refractivity contribution is 5.72. The average Bonchev–Trinajstić information content (AvgIpc) is 2.83. The molecule has 6 nitrogen and oxygen atoms in total. The van der Waals surface area contributed by atoms with Crippen LogP contribution in [0.2, 0.25) is 0 Å². The lowest BCUT2D eigenvalue weighted by molar-refractivity contribution is -0.141. The summed E-state index contributed by atoms with van der Waals surface area (Å²) in [5.74, 6) is 0.697. The van der Waals surface area contributed by atoms with Gasteiger partial charge >= 0.3 is 5.97 Å². The fraction of sp³-hybridized carbons (Fsp3) is 0.750. The molecule has 0 amide bonds. The Morgan fingerprint density at radius 2 is 2.17 bits per heavy atom. The van der Waals surface area contributed by atoms with Crippen LogP contribution in [0.3, 0.4) is 0 Å². The fourth-order valence-corrected chi connectivity index (χ4v) is 2.83. The zero-order valence-corrected chi connectivity index (χ0v) is 10.2. The molecule has 2 aliphatic heterocycles. The Morgan fingerprint density at radius 1 is 1.28 bits per heavy atom. The molecule has 0 radical (unpaired) electrons. The van der Waals surface area contributed by atoms with Crippen molar-refractivity contribution in [3.63, 3.8) is 0 Å². The summed E-state index contributed by atoms with van der Waals surface area (Å²) in [6, 6.07) is -0.524. The number of carbonyl (C=O) groups is 1. The SMILES string of the molecule is O=C(O)C1CCCc2nnc(C3CCCCO3)n21. The number of fused-ring (bicyclic) bond motifs is 1. The van der Waals surface area contributed by atoms with E-state index in [1.807, 2.05) is 0 Å². The number of aromatic nitrogens is 3. The van der Waals surface area contributed by atoms with E-state index in [0.29, 0.717) is 12.2 Å². The number of hydrogen-bond acceptors (Lipinski definition) is 4. The number of ether oxygens (including phenoxy) is 1. The van der Waals surface area contributed by atoms with E-state index in [-0.39, 0.29) is 6.10 Å². The summed E-state index contributed by atoms with van der Waals surface area (Å²) >= 11 is 0. The largest absolute Gasteiger partial charge is 0.480 e. The summed E-state index contributed by atoms with van der Waals surface area (Å²) in [7, 11) is 0. The molecule has 0 aliphatic carbocycles. The van der Waals surface area contributed by atoms with Crippen LogP contribution in [0.1, 0.15) is 55.9 Å². The molecular weight excluding hydrogens is 234 g/mol. The van der Waals surface area contributed by atoms with Gasteiger partial charge in [0.15, 0.2) is 5.82 Å². The van der Waals surface area contributed by atoms with Gasteiger partial charge in [0, 0.05) is 13.0 Å². The molecule has 0 saturated carbocycles. The molecule has 1 aromatic rings. The second-order valence-electron chi connectivity index (χ2n) is 4.95. The van der Waals surface area contributed by atoms with Crippen LogP contribution >= 0.6 is 0 Å². The first kappa shape index (κ1) is 11.6. The second kappa shape index (κ2) is 4.68. The maximum Gasteiger partial charge on any atom is 0.326 e. The Kier molecular flexibility index (Phi) is 3.03. The molecule has 98 valence electrons. The third-order valence-electron chi connectivity index (χ3n) is 3.74. The molecule has 2 atom stereocenters. The van der Waals surface area contributed by atoms with Crippen molar-refractivity contribution in [2.24, 2.45) is 0 Å². The van der Waals surface area contributed by atoms with Crippen LogP contribution in [-0.4, -0.2) is 32.4 Å². The topological polar surface area (TPSA) is 77.2 Å². The van der Waals surface area contributed by atoms with Gasteiger partial charge in [-0.2, -0.15) is 0 Å². The fourth-order valence-electron chi connectivity index (χ4n) is 2.83.